The highest BCUT2D eigenvalue weighted by Crippen LogP contribution is 2.17. The minimum absolute atomic E-state index is 0.0768. The summed E-state index contributed by atoms with van der Waals surface area (Å²) in [5.74, 6) is -0.141. The zero-order chi connectivity index (χ0) is 13.9. The van der Waals surface area contributed by atoms with Gasteiger partial charge in [-0.15, -0.1) is 0 Å². The summed E-state index contributed by atoms with van der Waals surface area (Å²) in [5.41, 5.74) is 5.84. The van der Waals surface area contributed by atoms with Crippen LogP contribution in [0, 0.1) is 0 Å². The number of nitrogens with one attached hydrogen (secondary N) is 1. The van der Waals surface area contributed by atoms with E-state index < -0.39 is 5.91 Å². The van der Waals surface area contributed by atoms with Crippen molar-refractivity contribution in [3.63, 3.8) is 0 Å². The number of aromatic nitrogens is 5. The molecule has 0 aliphatic carbocycles. The van der Waals surface area contributed by atoms with Gasteiger partial charge in [-0.05, 0) is 28.5 Å². The predicted octanol–water partition coefficient (Wildman–Crippen LogP) is 0.485. The first-order valence-corrected chi connectivity index (χ1v) is 5.60. The van der Waals surface area contributed by atoms with Gasteiger partial charge in [-0.2, -0.15) is 5.10 Å². The standard InChI is InChI=1S/C11H9N7O2/c12-9-8(16-20-17-9)11(19)15-7-3-1-4-13-10(7)18-6-2-5-14-18/h1-6H,(H2,12,17)(H,15,19). The normalized spacial score (nSPS) is 10.4. The molecule has 0 bridgehead atoms. The molecule has 0 spiro atoms. The number of rotatable bonds is 3. The van der Waals surface area contributed by atoms with Crippen LogP contribution in [0.3, 0.4) is 0 Å². The van der Waals surface area contributed by atoms with Crippen LogP contribution in [0.4, 0.5) is 11.5 Å². The first-order chi connectivity index (χ1) is 9.75. The first-order valence-electron chi connectivity index (χ1n) is 5.60. The van der Waals surface area contributed by atoms with E-state index in [1.165, 1.54) is 4.68 Å². The van der Waals surface area contributed by atoms with Gasteiger partial charge in [-0.1, -0.05) is 0 Å². The molecule has 0 saturated heterocycles. The Morgan fingerprint density at radius 1 is 1.30 bits per heavy atom. The SMILES string of the molecule is Nc1nonc1C(=O)Nc1cccnc1-n1cccn1. The Bertz CT molecular complexity index is 735. The third-order valence-electron chi connectivity index (χ3n) is 2.49. The second kappa shape index (κ2) is 4.80. The van der Waals surface area contributed by atoms with Gasteiger partial charge in [0.25, 0.3) is 5.91 Å². The van der Waals surface area contributed by atoms with Crippen LogP contribution in [-0.4, -0.2) is 31.0 Å². The molecule has 3 aromatic rings. The van der Waals surface area contributed by atoms with Crippen molar-refractivity contribution in [1.29, 1.82) is 0 Å². The quantitative estimate of drug-likeness (QED) is 0.709. The number of anilines is 2. The van der Waals surface area contributed by atoms with E-state index in [4.69, 9.17) is 5.73 Å². The Morgan fingerprint density at radius 3 is 2.90 bits per heavy atom. The number of nitrogens with two attached hydrogens (primary N) is 1. The zero-order valence-electron chi connectivity index (χ0n) is 10.1. The van der Waals surface area contributed by atoms with Crippen molar-refractivity contribution in [2.45, 2.75) is 0 Å². The van der Waals surface area contributed by atoms with Crippen molar-refractivity contribution in [2.75, 3.05) is 11.1 Å². The van der Waals surface area contributed by atoms with Gasteiger partial charge in [0, 0.05) is 18.6 Å². The Hall–Kier alpha value is -3.23. The number of carbonyl (C=O) groups is 1. The van der Waals surface area contributed by atoms with E-state index in [1.54, 1.807) is 36.8 Å². The highest BCUT2D eigenvalue weighted by atomic mass is 16.6. The molecule has 3 rings (SSSR count). The summed E-state index contributed by atoms with van der Waals surface area (Å²) in [6.45, 7) is 0. The van der Waals surface area contributed by atoms with E-state index in [-0.39, 0.29) is 11.5 Å². The molecule has 0 aromatic carbocycles. The minimum atomic E-state index is -0.537. The number of hydrogen-bond acceptors (Lipinski definition) is 7. The molecule has 0 saturated carbocycles. The topological polar surface area (TPSA) is 125 Å². The molecule has 0 unspecified atom stereocenters. The number of nitrogen functional groups attached to an aromatic ring is 1. The highest BCUT2D eigenvalue weighted by Gasteiger charge is 2.18. The van der Waals surface area contributed by atoms with Gasteiger partial charge in [-0.3, -0.25) is 4.79 Å². The summed E-state index contributed by atoms with van der Waals surface area (Å²) in [5, 5.41) is 13.5. The predicted molar refractivity (Wildman–Crippen MR) is 68.0 cm³/mol. The van der Waals surface area contributed by atoms with Crippen molar-refractivity contribution >= 4 is 17.4 Å². The van der Waals surface area contributed by atoms with Gasteiger partial charge in [0.05, 0.1) is 5.69 Å². The monoisotopic (exact) mass is 271 g/mol. The van der Waals surface area contributed by atoms with Crippen LogP contribution >= 0.6 is 0 Å². The van der Waals surface area contributed by atoms with Crippen molar-refractivity contribution in [3.05, 3.63) is 42.5 Å². The van der Waals surface area contributed by atoms with Crippen LogP contribution in [-0.2, 0) is 0 Å². The van der Waals surface area contributed by atoms with E-state index in [0.717, 1.165) is 0 Å². The smallest absolute Gasteiger partial charge is 0.281 e. The van der Waals surface area contributed by atoms with Crippen molar-refractivity contribution in [3.8, 4) is 5.82 Å². The summed E-state index contributed by atoms with van der Waals surface area (Å²) in [6.07, 6.45) is 4.92. The molecule has 0 aliphatic heterocycles. The van der Waals surface area contributed by atoms with Crippen LogP contribution in [0.15, 0.2) is 41.4 Å². The Kier molecular flexibility index (Phi) is 2.84. The molecule has 9 nitrogen and oxygen atoms in total. The Morgan fingerprint density at radius 2 is 2.20 bits per heavy atom. The Labute approximate surface area is 112 Å². The highest BCUT2D eigenvalue weighted by molar-refractivity contribution is 6.06. The molecule has 100 valence electrons. The summed E-state index contributed by atoms with van der Waals surface area (Å²) in [6, 6.07) is 5.12. The van der Waals surface area contributed by atoms with Crippen LogP contribution in [0.1, 0.15) is 10.5 Å². The molecule has 20 heavy (non-hydrogen) atoms. The van der Waals surface area contributed by atoms with E-state index >= 15 is 0 Å². The van der Waals surface area contributed by atoms with Crippen LogP contribution in [0.2, 0.25) is 0 Å². The number of carbonyl (C=O) groups excluding carboxylic acids is 1. The number of pyridine rings is 1. The summed E-state index contributed by atoms with van der Waals surface area (Å²) in [7, 11) is 0. The maximum Gasteiger partial charge on any atom is 0.281 e. The molecule has 0 fully saturated rings. The lowest BCUT2D eigenvalue weighted by atomic mass is 10.3. The molecule has 1 amide bonds. The number of amides is 1. The molecule has 3 N–H and O–H groups in total. The molecule has 0 atom stereocenters. The van der Waals surface area contributed by atoms with Gasteiger partial charge in [0.2, 0.25) is 11.5 Å². The molecule has 0 radical (unpaired) electrons. The average Bonchev–Trinajstić information content (AvgIpc) is 3.10. The van der Waals surface area contributed by atoms with Gasteiger partial charge in [-0.25, -0.2) is 14.3 Å². The van der Waals surface area contributed by atoms with Crippen molar-refractivity contribution in [1.82, 2.24) is 25.1 Å². The fourth-order valence-electron chi connectivity index (χ4n) is 1.61. The molecule has 9 heteroatoms. The largest absolute Gasteiger partial charge is 0.379 e. The lowest BCUT2D eigenvalue weighted by Gasteiger charge is -2.08. The molecule has 3 aromatic heterocycles. The molecular formula is C11H9N7O2. The average molecular weight is 271 g/mol. The summed E-state index contributed by atoms with van der Waals surface area (Å²) >= 11 is 0. The van der Waals surface area contributed by atoms with E-state index in [0.29, 0.717) is 11.5 Å². The second-order valence-corrected chi connectivity index (χ2v) is 3.78. The van der Waals surface area contributed by atoms with E-state index in [2.05, 4.69) is 30.3 Å². The van der Waals surface area contributed by atoms with Gasteiger partial charge in [0.1, 0.15) is 0 Å². The third-order valence-corrected chi connectivity index (χ3v) is 2.49. The Balaban J connectivity index is 1.92. The summed E-state index contributed by atoms with van der Waals surface area (Å²) in [4.78, 5) is 16.2. The van der Waals surface area contributed by atoms with Crippen LogP contribution in [0.5, 0.6) is 0 Å². The zero-order valence-corrected chi connectivity index (χ0v) is 10.1. The first kappa shape index (κ1) is 11.8. The van der Waals surface area contributed by atoms with Crippen LogP contribution < -0.4 is 11.1 Å². The molecular weight excluding hydrogens is 262 g/mol. The number of nitrogens with zero attached hydrogens (tertiary/aromatic N) is 5. The molecule has 3 heterocycles. The lowest BCUT2D eigenvalue weighted by molar-refractivity contribution is 0.101. The van der Waals surface area contributed by atoms with Gasteiger partial charge < -0.3 is 11.1 Å². The third kappa shape index (κ3) is 2.07. The van der Waals surface area contributed by atoms with Crippen LogP contribution in [0.25, 0.3) is 5.82 Å². The van der Waals surface area contributed by atoms with Gasteiger partial charge >= 0.3 is 0 Å². The lowest BCUT2D eigenvalue weighted by Crippen LogP contribution is -2.16. The summed E-state index contributed by atoms with van der Waals surface area (Å²) < 4.78 is 5.92. The van der Waals surface area contributed by atoms with Gasteiger partial charge in [0.15, 0.2) is 5.82 Å². The molecule has 0 aliphatic rings. The fourth-order valence-corrected chi connectivity index (χ4v) is 1.61. The number of hydrogen-bond donors (Lipinski definition) is 2. The maximum atomic E-state index is 12.0. The van der Waals surface area contributed by atoms with E-state index in [1.807, 2.05) is 0 Å². The fraction of sp³-hybridized carbons (Fsp3) is 0. The second-order valence-electron chi connectivity index (χ2n) is 3.78. The van der Waals surface area contributed by atoms with Crippen molar-refractivity contribution < 1.29 is 9.42 Å². The maximum absolute atomic E-state index is 12.0. The van der Waals surface area contributed by atoms with E-state index in [9.17, 15) is 4.79 Å². The minimum Gasteiger partial charge on any atom is -0.379 e. The van der Waals surface area contributed by atoms with Crippen molar-refractivity contribution in [2.24, 2.45) is 0 Å².